The Hall–Kier alpha value is -1.87. The minimum atomic E-state index is -0.204. The van der Waals surface area contributed by atoms with E-state index in [-0.39, 0.29) is 17.2 Å². The second-order valence-corrected chi connectivity index (χ2v) is 9.13. The topological polar surface area (TPSA) is 73.2 Å². The van der Waals surface area contributed by atoms with Crippen molar-refractivity contribution >= 4 is 56.5 Å². The van der Waals surface area contributed by atoms with Crippen LogP contribution < -0.4 is 10.9 Å². The van der Waals surface area contributed by atoms with Crippen LogP contribution in [0.15, 0.2) is 34.2 Å². The van der Waals surface area contributed by atoms with Crippen LogP contribution in [0.4, 0.5) is 5.69 Å². The molecule has 29 heavy (non-hydrogen) atoms. The normalized spacial score (nSPS) is 13.0. The minimum Gasteiger partial charge on any atom is -0.383 e. The zero-order chi connectivity index (χ0) is 20.4. The Balaban J connectivity index is 1.59. The van der Waals surface area contributed by atoms with Gasteiger partial charge in [0.1, 0.15) is 4.83 Å². The predicted octanol–water partition coefficient (Wildman–Crippen LogP) is 3.98. The maximum absolute atomic E-state index is 13.2. The summed E-state index contributed by atoms with van der Waals surface area (Å²) in [7, 11) is 1.60. The number of carbonyl (C=O) groups is 1. The highest BCUT2D eigenvalue weighted by atomic mass is 35.5. The van der Waals surface area contributed by atoms with E-state index < -0.39 is 0 Å². The number of para-hydroxylation sites is 1. The molecule has 6 nitrogen and oxygen atoms in total. The Morgan fingerprint density at radius 3 is 3.00 bits per heavy atom. The largest absolute Gasteiger partial charge is 0.383 e. The monoisotopic (exact) mass is 449 g/mol. The van der Waals surface area contributed by atoms with Gasteiger partial charge in [-0.2, -0.15) is 0 Å². The molecule has 0 fully saturated rings. The van der Waals surface area contributed by atoms with Crippen molar-refractivity contribution in [3.8, 4) is 0 Å². The number of thioether (sulfide) groups is 1. The lowest BCUT2D eigenvalue weighted by Gasteiger charge is -2.12. The molecule has 2 heterocycles. The number of halogens is 1. The number of anilines is 1. The van der Waals surface area contributed by atoms with E-state index in [4.69, 9.17) is 21.3 Å². The van der Waals surface area contributed by atoms with E-state index in [0.717, 1.165) is 35.0 Å². The lowest BCUT2D eigenvalue weighted by molar-refractivity contribution is -0.113. The molecule has 0 saturated heterocycles. The van der Waals surface area contributed by atoms with Gasteiger partial charge >= 0.3 is 0 Å². The minimum absolute atomic E-state index is 0.0412. The van der Waals surface area contributed by atoms with Crippen molar-refractivity contribution in [2.75, 3.05) is 24.8 Å². The molecule has 0 atom stereocenters. The number of methoxy groups -OCH3 is 1. The van der Waals surface area contributed by atoms with Gasteiger partial charge in [-0.1, -0.05) is 35.5 Å². The maximum Gasteiger partial charge on any atom is 0.263 e. The number of rotatable bonds is 7. The highest BCUT2D eigenvalue weighted by molar-refractivity contribution is 7.99. The molecular weight excluding hydrogens is 430 g/mol. The summed E-state index contributed by atoms with van der Waals surface area (Å²) in [6, 6.07) is 7.08. The van der Waals surface area contributed by atoms with E-state index in [0.29, 0.717) is 29.0 Å². The lowest BCUT2D eigenvalue weighted by atomic mass is 10.2. The number of amides is 1. The molecule has 0 saturated carbocycles. The molecule has 1 aliphatic carbocycles. The number of thiophene rings is 1. The zero-order valence-electron chi connectivity index (χ0n) is 15.9. The van der Waals surface area contributed by atoms with Crippen molar-refractivity contribution in [1.29, 1.82) is 0 Å². The van der Waals surface area contributed by atoms with Crippen LogP contribution >= 0.6 is 34.7 Å². The SMILES string of the molecule is COCCn1c(SCC(=O)Nc2ccccc2Cl)nc2sc3c(c2c1=O)CCC3. The van der Waals surface area contributed by atoms with Crippen molar-refractivity contribution in [2.45, 2.75) is 31.0 Å². The molecule has 152 valence electrons. The van der Waals surface area contributed by atoms with Crippen molar-refractivity contribution in [3.63, 3.8) is 0 Å². The number of nitrogens with zero attached hydrogens (tertiary/aromatic N) is 2. The molecule has 1 N–H and O–H groups in total. The molecule has 0 aliphatic heterocycles. The average Bonchev–Trinajstić information content (AvgIpc) is 3.28. The maximum atomic E-state index is 13.2. The standard InChI is InChI=1S/C20H20ClN3O3S2/c1-27-10-9-24-19(26)17-12-5-4-8-15(12)29-18(17)23-20(24)28-11-16(25)22-14-7-3-2-6-13(14)21/h2-3,6-7H,4-5,8-11H2,1H3,(H,22,25). The Morgan fingerprint density at radius 2 is 2.21 bits per heavy atom. The second kappa shape index (κ2) is 8.87. The third-order valence-electron chi connectivity index (χ3n) is 4.79. The van der Waals surface area contributed by atoms with E-state index in [1.54, 1.807) is 41.2 Å². The van der Waals surface area contributed by atoms with Gasteiger partial charge in [-0.3, -0.25) is 14.2 Å². The fraction of sp³-hybridized carbons (Fsp3) is 0.350. The third kappa shape index (κ3) is 4.21. The van der Waals surface area contributed by atoms with Gasteiger partial charge in [0.2, 0.25) is 5.91 Å². The molecule has 1 amide bonds. The van der Waals surface area contributed by atoms with Crippen LogP contribution in [0.5, 0.6) is 0 Å². The van der Waals surface area contributed by atoms with Crippen molar-refractivity contribution < 1.29 is 9.53 Å². The van der Waals surface area contributed by atoms with Crippen LogP contribution in [-0.2, 0) is 28.9 Å². The van der Waals surface area contributed by atoms with E-state index in [9.17, 15) is 9.59 Å². The summed E-state index contributed by atoms with van der Waals surface area (Å²) in [4.78, 5) is 32.4. The fourth-order valence-electron chi connectivity index (χ4n) is 3.43. The van der Waals surface area contributed by atoms with Crippen LogP contribution in [0.3, 0.4) is 0 Å². The molecule has 0 bridgehead atoms. The highest BCUT2D eigenvalue weighted by Gasteiger charge is 2.23. The quantitative estimate of drug-likeness (QED) is 0.436. The highest BCUT2D eigenvalue weighted by Crippen LogP contribution is 2.35. The first-order valence-electron chi connectivity index (χ1n) is 9.29. The first-order valence-corrected chi connectivity index (χ1v) is 11.5. The zero-order valence-corrected chi connectivity index (χ0v) is 18.3. The smallest absolute Gasteiger partial charge is 0.263 e. The molecule has 1 aliphatic rings. The van der Waals surface area contributed by atoms with E-state index in [2.05, 4.69) is 5.32 Å². The number of aromatic nitrogens is 2. The molecule has 2 aromatic heterocycles. The predicted molar refractivity (Wildman–Crippen MR) is 119 cm³/mol. The van der Waals surface area contributed by atoms with Gasteiger partial charge in [0.25, 0.3) is 5.56 Å². The molecule has 0 radical (unpaired) electrons. The Kier molecular flexibility index (Phi) is 6.24. The molecule has 0 spiro atoms. The average molecular weight is 450 g/mol. The summed E-state index contributed by atoms with van der Waals surface area (Å²) in [6.45, 7) is 0.802. The number of fused-ring (bicyclic) bond motifs is 3. The van der Waals surface area contributed by atoms with Crippen LogP contribution in [-0.4, -0.2) is 34.9 Å². The molecule has 4 rings (SSSR count). The van der Waals surface area contributed by atoms with Gasteiger partial charge < -0.3 is 10.1 Å². The van der Waals surface area contributed by atoms with Crippen LogP contribution in [0, 0.1) is 0 Å². The van der Waals surface area contributed by atoms with Gasteiger partial charge in [0.05, 0.1) is 35.0 Å². The number of aryl methyl sites for hydroxylation is 2. The summed E-state index contributed by atoms with van der Waals surface area (Å²) in [5, 5.41) is 4.55. The molecule has 1 aromatic carbocycles. The van der Waals surface area contributed by atoms with Crippen LogP contribution in [0.2, 0.25) is 5.02 Å². The van der Waals surface area contributed by atoms with E-state index in [1.807, 2.05) is 6.07 Å². The summed E-state index contributed by atoms with van der Waals surface area (Å²) in [5.41, 5.74) is 1.68. The Bertz CT molecular complexity index is 1130. The number of hydrogen-bond donors (Lipinski definition) is 1. The second-order valence-electron chi connectivity index (χ2n) is 6.70. The van der Waals surface area contributed by atoms with Gasteiger partial charge in [-0.25, -0.2) is 4.98 Å². The van der Waals surface area contributed by atoms with Crippen molar-refractivity contribution in [3.05, 3.63) is 50.1 Å². The summed E-state index contributed by atoms with van der Waals surface area (Å²) in [6.07, 6.45) is 3.03. The number of carbonyl (C=O) groups excluding carboxylic acids is 1. The third-order valence-corrected chi connectivity index (χ3v) is 7.28. The Morgan fingerprint density at radius 1 is 1.38 bits per heavy atom. The van der Waals surface area contributed by atoms with Gasteiger partial charge in [0, 0.05) is 12.0 Å². The Labute approximate surface area is 181 Å². The number of benzene rings is 1. The first kappa shape index (κ1) is 20.4. The van der Waals surface area contributed by atoms with Crippen molar-refractivity contribution in [2.24, 2.45) is 0 Å². The number of nitrogens with one attached hydrogen (secondary N) is 1. The number of hydrogen-bond acceptors (Lipinski definition) is 6. The summed E-state index contributed by atoms with van der Waals surface area (Å²) in [5.74, 6) is -0.0780. The first-order chi connectivity index (χ1) is 14.1. The fourth-order valence-corrected chi connectivity index (χ4v) is 5.74. The van der Waals surface area contributed by atoms with Gasteiger partial charge in [-0.05, 0) is 37.0 Å². The molecule has 0 unspecified atom stereocenters. The number of ether oxygens (including phenoxy) is 1. The summed E-state index contributed by atoms with van der Waals surface area (Å²) < 4.78 is 6.80. The van der Waals surface area contributed by atoms with E-state index in [1.165, 1.54) is 16.6 Å². The van der Waals surface area contributed by atoms with E-state index >= 15 is 0 Å². The van der Waals surface area contributed by atoms with Crippen molar-refractivity contribution in [1.82, 2.24) is 9.55 Å². The molecule has 3 aromatic rings. The van der Waals surface area contributed by atoms with Crippen LogP contribution in [0.1, 0.15) is 16.9 Å². The van der Waals surface area contributed by atoms with Gasteiger partial charge in [-0.15, -0.1) is 11.3 Å². The summed E-state index contributed by atoms with van der Waals surface area (Å²) >= 11 is 8.95. The molecular formula is C20H20ClN3O3S2. The molecule has 9 heteroatoms. The van der Waals surface area contributed by atoms with Gasteiger partial charge in [0.15, 0.2) is 5.16 Å². The van der Waals surface area contributed by atoms with Crippen LogP contribution in [0.25, 0.3) is 10.2 Å². The lowest BCUT2D eigenvalue weighted by Crippen LogP contribution is -2.26.